The number of esters is 2. The molecule has 2 aliphatic carbocycles. The molecule has 3 heterocycles. The molecule has 5 N–H and O–H groups in total. The molecule has 0 aromatic heterocycles. The third kappa shape index (κ3) is 9.02. The average molecular weight is 830 g/mol. The van der Waals surface area contributed by atoms with Crippen molar-refractivity contribution in [3.8, 4) is 23.3 Å². The van der Waals surface area contributed by atoms with Crippen LogP contribution in [0.1, 0.15) is 136 Å². The van der Waals surface area contributed by atoms with Crippen LogP contribution in [0.3, 0.4) is 0 Å². The maximum Gasteiger partial charge on any atom is 0.334 e. The Morgan fingerprint density at radius 2 is 1.77 bits per heavy atom. The van der Waals surface area contributed by atoms with Gasteiger partial charge in [-0.25, -0.2) is 4.79 Å². The topological polar surface area (TPSA) is 163 Å². The normalized spacial score (nSPS) is 27.7. The number of nitrogens with one attached hydrogen (secondary N) is 1. The molecule has 10 heteroatoms. The van der Waals surface area contributed by atoms with Crippen LogP contribution >= 0.6 is 0 Å². The number of carbonyl (C=O) groups excluding carboxylic acids is 3. The summed E-state index contributed by atoms with van der Waals surface area (Å²) < 4.78 is 12.4. The van der Waals surface area contributed by atoms with Crippen molar-refractivity contribution in [2.24, 2.45) is 11.8 Å². The van der Waals surface area contributed by atoms with Gasteiger partial charge in [-0.2, -0.15) is 0 Å². The van der Waals surface area contributed by atoms with Gasteiger partial charge in [0.15, 0.2) is 0 Å². The van der Waals surface area contributed by atoms with E-state index in [1.165, 1.54) is 11.6 Å². The van der Waals surface area contributed by atoms with Gasteiger partial charge in [0, 0.05) is 54.1 Å². The van der Waals surface area contributed by atoms with Gasteiger partial charge in [0.05, 0.1) is 25.0 Å². The van der Waals surface area contributed by atoms with Crippen molar-refractivity contribution in [3.05, 3.63) is 99.6 Å². The van der Waals surface area contributed by atoms with Gasteiger partial charge < -0.3 is 35.2 Å². The predicted octanol–water partition coefficient (Wildman–Crippen LogP) is 7.62. The first-order valence-corrected chi connectivity index (χ1v) is 22.3. The summed E-state index contributed by atoms with van der Waals surface area (Å²) in [4.78, 5) is 41.9. The SMILES string of the molecule is CCCC1(O)C2CCC(=O)C(Cc3cccc(c3)C3(CC=C4CC(c5cc(CO)cc(NCC(C)O)c5)C#CC5CC(=O)Oc6cc(O)c(cc65)CC1OC4=O)CCCC3)C2. The molecule has 7 unspecified atom stereocenters. The molecule has 0 saturated heterocycles. The maximum atomic E-state index is 15.2. The standard InChI is InChI=1S/C51H59NO9/c1-3-14-51(59)41-11-12-44(55)38(23-41)18-32-7-6-8-40(20-32)50(15-4-5-16-50)17-13-36-22-34(37-19-33(30-53)21-42(24-37)52-29-31(2)54)9-10-35-27-48(57)60-46-28-45(56)39(25-43(35)46)26-47(51)61-49(36)58/h6-8,13,19-21,24-25,28,31,34-35,38,41,47,52-54,56,59H,3-5,11-12,14-18,22-23,26-27,29-30H2,1-2H3. The number of Topliss-reactive ketones (excluding diaryl/α,β-unsaturated/α-hetero) is 1. The van der Waals surface area contributed by atoms with Crippen molar-refractivity contribution < 1.29 is 44.3 Å². The van der Waals surface area contributed by atoms with Gasteiger partial charge in [-0.1, -0.05) is 74.4 Å². The van der Waals surface area contributed by atoms with E-state index in [0.717, 1.165) is 36.8 Å². The molecule has 0 amide bonds. The Kier molecular flexibility index (Phi) is 12.5. The van der Waals surface area contributed by atoms with Gasteiger partial charge in [-0.05, 0) is 116 Å². The molecule has 10 nitrogen and oxygen atoms in total. The van der Waals surface area contributed by atoms with Crippen LogP contribution in [0, 0.1) is 23.7 Å². The van der Waals surface area contributed by atoms with E-state index in [9.17, 15) is 30.0 Å². The summed E-state index contributed by atoms with van der Waals surface area (Å²) in [5.41, 5.74) is 4.00. The highest BCUT2D eigenvalue weighted by molar-refractivity contribution is 5.89. The molecule has 3 aromatic carbocycles. The van der Waals surface area contributed by atoms with Gasteiger partial charge in [-0.3, -0.25) is 9.59 Å². The molecule has 2 saturated carbocycles. The van der Waals surface area contributed by atoms with Crippen molar-refractivity contribution in [3.63, 3.8) is 0 Å². The fraction of sp³-hybridized carbons (Fsp3) is 0.510. The second-order valence-electron chi connectivity index (χ2n) is 18.4. The van der Waals surface area contributed by atoms with Gasteiger partial charge in [0.1, 0.15) is 29.0 Å². The number of aliphatic hydroxyl groups excluding tert-OH is 2. The lowest BCUT2D eigenvalue weighted by Gasteiger charge is -2.45. The molecule has 0 radical (unpaired) electrons. The first-order chi connectivity index (χ1) is 29.4. The van der Waals surface area contributed by atoms with E-state index in [2.05, 4.69) is 41.4 Å². The van der Waals surface area contributed by atoms with Crippen LogP contribution in [0.15, 0.2) is 66.2 Å². The van der Waals surface area contributed by atoms with E-state index in [1.54, 1.807) is 13.0 Å². The summed E-state index contributed by atoms with van der Waals surface area (Å²) in [7, 11) is 0. The Hall–Kier alpha value is -4.95. The number of allylic oxidation sites excluding steroid dienone is 1. The van der Waals surface area contributed by atoms with Gasteiger partial charge in [0.2, 0.25) is 0 Å². The minimum atomic E-state index is -1.55. The number of benzene rings is 3. The quantitative estimate of drug-likeness (QED) is 0.0911. The van der Waals surface area contributed by atoms with Gasteiger partial charge in [0.25, 0.3) is 0 Å². The minimum absolute atomic E-state index is 0.0111. The lowest BCUT2D eigenvalue weighted by atomic mass is 9.66. The Balaban J connectivity index is 1.34. The number of carbonyl (C=O) groups is 3. The molecule has 322 valence electrons. The maximum absolute atomic E-state index is 15.2. The van der Waals surface area contributed by atoms with Gasteiger partial charge >= 0.3 is 11.9 Å². The van der Waals surface area contributed by atoms with E-state index in [-0.39, 0.29) is 66.9 Å². The summed E-state index contributed by atoms with van der Waals surface area (Å²) in [5.74, 6) is 4.17. The summed E-state index contributed by atoms with van der Waals surface area (Å²) in [6.45, 7) is 3.70. The Morgan fingerprint density at radius 3 is 2.54 bits per heavy atom. The number of ketones is 1. The van der Waals surface area contributed by atoms with Crippen LogP contribution in [0.5, 0.6) is 11.5 Å². The number of anilines is 1. The highest BCUT2D eigenvalue weighted by Gasteiger charge is 2.49. The molecule has 3 aromatic rings. The molecule has 61 heavy (non-hydrogen) atoms. The largest absolute Gasteiger partial charge is 0.508 e. The average Bonchev–Trinajstić information content (AvgIpc) is 3.73. The number of hydrogen-bond acceptors (Lipinski definition) is 10. The lowest BCUT2D eigenvalue weighted by molar-refractivity contribution is -0.176. The highest BCUT2D eigenvalue weighted by atomic mass is 16.6. The lowest BCUT2D eigenvalue weighted by Crippen LogP contribution is -2.54. The molecule has 1 spiro atoms. The Bertz CT molecular complexity index is 2260. The fourth-order valence-electron chi connectivity index (χ4n) is 10.8. The third-order valence-corrected chi connectivity index (χ3v) is 14.2. The van der Waals surface area contributed by atoms with Crippen molar-refractivity contribution >= 4 is 23.4 Å². The summed E-state index contributed by atoms with van der Waals surface area (Å²) in [6.07, 6.45) is 7.60. The van der Waals surface area contributed by atoms with Crippen molar-refractivity contribution in [2.45, 2.75) is 145 Å². The van der Waals surface area contributed by atoms with E-state index >= 15 is 4.79 Å². The zero-order chi connectivity index (χ0) is 42.9. The van der Waals surface area contributed by atoms with E-state index in [4.69, 9.17) is 9.47 Å². The number of fused-ring (bicyclic) bond motifs is 9. The summed E-state index contributed by atoms with van der Waals surface area (Å²) >= 11 is 0. The fourth-order valence-corrected chi connectivity index (χ4v) is 10.8. The number of aliphatic hydroxyl groups is 3. The number of aromatic hydroxyl groups is 1. The Morgan fingerprint density at radius 1 is 0.967 bits per heavy atom. The second kappa shape index (κ2) is 17.8. The van der Waals surface area contributed by atoms with Crippen LogP contribution < -0.4 is 10.1 Å². The molecule has 2 fully saturated rings. The zero-order valence-electron chi connectivity index (χ0n) is 35.4. The van der Waals surface area contributed by atoms with Crippen molar-refractivity contribution in [1.82, 2.24) is 0 Å². The highest BCUT2D eigenvalue weighted by Crippen LogP contribution is 2.48. The van der Waals surface area contributed by atoms with E-state index < -0.39 is 41.6 Å². The third-order valence-electron chi connectivity index (χ3n) is 14.2. The number of ether oxygens (including phenoxy) is 2. The first-order valence-electron chi connectivity index (χ1n) is 22.3. The molecule has 8 rings (SSSR count). The first kappa shape index (κ1) is 42.7. The van der Waals surface area contributed by atoms with Crippen LogP contribution in [0.4, 0.5) is 5.69 Å². The molecule has 7 atom stereocenters. The smallest absolute Gasteiger partial charge is 0.334 e. The molecular formula is C51H59NO9. The Labute approximate surface area is 358 Å². The number of hydrogen-bond donors (Lipinski definition) is 5. The van der Waals surface area contributed by atoms with Crippen molar-refractivity contribution in [1.29, 1.82) is 0 Å². The zero-order valence-corrected chi connectivity index (χ0v) is 35.4. The number of rotatable bonds is 7. The van der Waals surface area contributed by atoms with Crippen LogP contribution in [0.2, 0.25) is 0 Å². The van der Waals surface area contributed by atoms with Crippen LogP contribution in [-0.2, 0) is 44.0 Å². The molecular weight excluding hydrogens is 771 g/mol. The molecule has 5 aliphatic rings. The van der Waals surface area contributed by atoms with E-state index in [1.807, 2.05) is 31.2 Å². The van der Waals surface area contributed by atoms with Crippen LogP contribution in [0.25, 0.3) is 0 Å². The summed E-state index contributed by atoms with van der Waals surface area (Å²) in [5, 5.41) is 48.5. The molecule has 8 bridgehead atoms. The monoisotopic (exact) mass is 829 g/mol. The predicted molar refractivity (Wildman–Crippen MR) is 231 cm³/mol. The van der Waals surface area contributed by atoms with Crippen molar-refractivity contribution in [2.75, 3.05) is 11.9 Å². The van der Waals surface area contributed by atoms with E-state index in [0.29, 0.717) is 72.9 Å². The molecule has 3 aliphatic heterocycles. The minimum Gasteiger partial charge on any atom is -0.508 e. The number of phenolic OH excluding ortho intramolecular Hbond substituents is 1. The van der Waals surface area contributed by atoms with Crippen LogP contribution in [-0.4, -0.2) is 62.5 Å². The second-order valence-corrected chi connectivity index (χ2v) is 18.4. The van der Waals surface area contributed by atoms with Gasteiger partial charge in [-0.15, -0.1) is 0 Å². The summed E-state index contributed by atoms with van der Waals surface area (Å²) in [6, 6.07) is 17.4. The number of phenols is 1.